The number of imidazole rings is 1. The topological polar surface area (TPSA) is 29.0 Å². The van der Waals surface area contributed by atoms with E-state index < -0.39 is 148 Å². The summed E-state index contributed by atoms with van der Waals surface area (Å²) >= 11 is 0. The zero-order valence-electron chi connectivity index (χ0n) is 27.3. The molecule has 4 rings (SSSR count). The van der Waals surface area contributed by atoms with Gasteiger partial charge in [0.2, 0.25) is 6.33 Å². The van der Waals surface area contributed by atoms with Crippen LogP contribution in [-0.4, -0.2) is 15.9 Å². The maximum atomic E-state index is 13.6. The molecule has 0 aliphatic heterocycles. The van der Waals surface area contributed by atoms with Gasteiger partial charge in [0.1, 0.15) is 12.4 Å². The fourth-order valence-corrected chi connectivity index (χ4v) is 5.21. The number of aromatic nitrogens is 2. The first-order valence-corrected chi connectivity index (χ1v) is 15.1. The molecule has 1 heterocycles. The maximum Gasteiger partial charge on any atom is 0.416 e. The van der Waals surface area contributed by atoms with Crippen LogP contribution in [0.3, 0.4) is 0 Å². The molecule has 0 saturated carbocycles. The normalized spacial score (nSPS) is 13.5. The van der Waals surface area contributed by atoms with Crippen molar-refractivity contribution in [3.05, 3.63) is 107 Å². The quantitative estimate of drug-likeness (QED) is 0.118. The van der Waals surface area contributed by atoms with Crippen molar-refractivity contribution in [1.29, 1.82) is 0 Å². The van der Waals surface area contributed by atoms with Crippen molar-refractivity contribution in [2.75, 3.05) is 0 Å². The minimum Gasteiger partial charge on any atom is -0.594 e. The summed E-state index contributed by atoms with van der Waals surface area (Å²) in [7, 11) is 2.04. The van der Waals surface area contributed by atoms with Gasteiger partial charge in [-0.15, -0.1) is 0 Å². The second-order valence-corrected chi connectivity index (χ2v) is 12.0. The smallest absolute Gasteiger partial charge is 0.416 e. The molecular weight excluding hydrogens is 781 g/mol. The fraction of sp³-hybridized carbons (Fsp3) is 0.344. The Morgan fingerprint density at radius 3 is 0.944 bits per heavy atom. The molecule has 0 aliphatic rings. The Morgan fingerprint density at radius 2 is 0.759 bits per heavy atom. The number of aryl methyl sites for hydroxylation is 2. The summed E-state index contributed by atoms with van der Waals surface area (Å²) in [4.78, 5) is 0. The zero-order valence-corrected chi connectivity index (χ0v) is 27.3. The van der Waals surface area contributed by atoms with Crippen LogP contribution in [0.15, 0.2) is 73.3 Å². The molecule has 0 aliphatic carbocycles. The van der Waals surface area contributed by atoms with Gasteiger partial charge in [0.25, 0.3) is 0 Å². The summed E-state index contributed by atoms with van der Waals surface area (Å²) in [6.45, 7) is 3.36. The lowest BCUT2D eigenvalue weighted by Crippen LogP contribution is -2.68. The summed E-state index contributed by atoms with van der Waals surface area (Å²) in [5.41, 5.74) is -19.8. The Morgan fingerprint density at radius 1 is 0.500 bits per heavy atom. The number of alkyl halides is 18. The molecule has 0 radical (unpaired) electrons. The number of halogens is 18. The van der Waals surface area contributed by atoms with E-state index in [-0.39, 0.29) is 0 Å². The lowest BCUT2D eigenvalue weighted by Gasteiger charge is -2.40. The molecule has 0 atom stereocenters. The van der Waals surface area contributed by atoms with Crippen LogP contribution >= 0.6 is 0 Å². The Kier molecular flexibility index (Phi) is 12.3. The summed E-state index contributed by atoms with van der Waals surface area (Å²) in [5.74, 6) is 0. The summed E-state index contributed by atoms with van der Waals surface area (Å²) in [6.07, 6.45) is -31.3. The molecule has 0 bridgehead atoms. The predicted octanol–water partition coefficient (Wildman–Crippen LogP) is 8.87. The summed E-state index contributed by atoms with van der Waals surface area (Å²) < 4.78 is 249. The first-order chi connectivity index (χ1) is 24.3. The Hall–Kier alpha value is -4.37. The molecule has 0 spiro atoms. The highest BCUT2D eigenvalue weighted by Crippen LogP contribution is 2.39. The van der Waals surface area contributed by atoms with E-state index in [4.69, 9.17) is 0 Å². The van der Waals surface area contributed by atoms with Crippen LogP contribution in [0.5, 0.6) is 0 Å². The number of rotatable bonds is 6. The minimum atomic E-state index is -5.79. The highest BCUT2D eigenvalue weighted by molar-refractivity contribution is 7.06. The third kappa shape index (κ3) is 10.6. The lowest BCUT2D eigenvalue weighted by atomic mass is 9.28. The highest BCUT2D eigenvalue weighted by atomic mass is 19.4. The van der Waals surface area contributed by atoms with Gasteiger partial charge in [-0.2, -0.15) is 95.4 Å². The molecule has 3 nitrogen and oxygen atoms in total. The van der Waals surface area contributed by atoms with Gasteiger partial charge in [-0.3, -0.25) is 0 Å². The van der Waals surface area contributed by atoms with Crippen molar-refractivity contribution in [2.45, 2.75) is 63.4 Å². The van der Waals surface area contributed by atoms with Gasteiger partial charge in [-0.25, -0.2) is 9.13 Å². The van der Waals surface area contributed by atoms with E-state index in [9.17, 15) is 84.1 Å². The lowest BCUT2D eigenvalue weighted by molar-refractivity contribution is -0.671. The number of unbranched alkanes of at least 4 members (excludes halogenated alkanes) is 1. The number of hydrogen-bond acceptors (Lipinski definition) is 1. The van der Waals surface area contributed by atoms with Gasteiger partial charge in [0.05, 0.1) is 47.0 Å². The fourth-order valence-electron chi connectivity index (χ4n) is 5.21. The van der Waals surface area contributed by atoms with E-state index >= 15 is 0 Å². The molecule has 54 heavy (non-hydrogen) atoms. The van der Waals surface area contributed by atoms with E-state index in [1.807, 2.05) is 7.05 Å². The van der Waals surface area contributed by atoms with Crippen molar-refractivity contribution in [3.8, 4) is 0 Å². The summed E-state index contributed by atoms with van der Waals surface area (Å²) in [5, 5.41) is 11.6. The predicted molar refractivity (Wildman–Crippen MR) is 157 cm³/mol. The zero-order chi connectivity index (χ0) is 41.5. The third-order valence-corrected chi connectivity index (χ3v) is 7.87. The molecule has 0 amide bonds. The minimum absolute atomic E-state index is 0.448. The Bertz CT molecular complexity index is 1640. The van der Waals surface area contributed by atoms with Crippen LogP contribution in [0.2, 0.25) is 0 Å². The van der Waals surface area contributed by atoms with Crippen LogP contribution in [-0.2, 0) is 50.7 Å². The van der Waals surface area contributed by atoms with Crippen molar-refractivity contribution < 1.29 is 88.6 Å². The van der Waals surface area contributed by atoms with E-state index in [0.29, 0.717) is 0 Å². The van der Waals surface area contributed by atoms with Crippen molar-refractivity contribution in [1.82, 2.24) is 4.57 Å². The van der Waals surface area contributed by atoms with Gasteiger partial charge in [0.15, 0.2) is 6.35 Å². The van der Waals surface area contributed by atoms with E-state index in [1.165, 1.54) is 12.8 Å². The Balaban J connectivity index is 0.000000676. The average molecular weight is 806 g/mol. The van der Waals surface area contributed by atoms with Crippen molar-refractivity contribution in [3.63, 3.8) is 0 Å². The van der Waals surface area contributed by atoms with E-state index in [2.05, 4.69) is 34.8 Å². The van der Waals surface area contributed by atoms with Gasteiger partial charge in [-0.1, -0.05) is 49.7 Å². The van der Waals surface area contributed by atoms with E-state index in [0.717, 1.165) is 6.54 Å². The number of hydrogen-bond donors (Lipinski definition) is 1. The third-order valence-electron chi connectivity index (χ3n) is 7.87. The molecule has 1 aromatic heterocycles. The van der Waals surface area contributed by atoms with Gasteiger partial charge in [0, 0.05) is 0 Å². The van der Waals surface area contributed by atoms with Crippen molar-refractivity contribution >= 4 is 22.7 Å². The molecular formula is C32H25BF18N2O. The highest BCUT2D eigenvalue weighted by Gasteiger charge is 2.44. The van der Waals surface area contributed by atoms with Gasteiger partial charge < -0.3 is 5.02 Å². The van der Waals surface area contributed by atoms with Crippen LogP contribution < -0.4 is 21.0 Å². The maximum absolute atomic E-state index is 13.6. The average Bonchev–Trinajstić information content (AvgIpc) is 3.45. The first-order valence-electron chi connectivity index (χ1n) is 15.1. The Labute approximate surface area is 293 Å². The number of benzene rings is 3. The first kappa shape index (κ1) is 44.0. The molecule has 1 N–H and O–H groups in total. The van der Waals surface area contributed by atoms with Crippen LogP contribution in [0.25, 0.3) is 0 Å². The second kappa shape index (κ2) is 15.0. The molecule has 298 valence electrons. The number of nitrogens with zero attached hydrogens (tertiary/aromatic N) is 2. The SMILES string of the molecule is CCCCn1cc[n+](C)c1.O[B-](c1cc(C(F)(F)F)cc(C(F)(F)F)c1)(c1cc(C(F)(F)F)cc(C(F)(F)F)c1)c1cc(C(F)(F)F)cc(C(F)(F)F)c1. The molecule has 4 aromatic rings. The molecule has 0 saturated heterocycles. The molecule has 0 unspecified atom stereocenters. The molecule has 3 aromatic carbocycles. The van der Waals surface area contributed by atoms with Crippen LogP contribution in [0.1, 0.15) is 53.1 Å². The van der Waals surface area contributed by atoms with E-state index in [1.54, 1.807) is 0 Å². The second-order valence-electron chi connectivity index (χ2n) is 12.0. The van der Waals surface area contributed by atoms with Crippen molar-refractivity contribution in [2.24, 2.45) is 7.05 Å². The van der Waals surface area contributed by atoms with Gasteiger partial charge >= 0.3 is 37.1 Å². The molecule has 22 heteroatoms. The largest absolute Gasteiger partial charge is 0.594 e. The molecule has 0 fully saturated rings. The van der Waals surface area contributed by atoms with Gasteiger partial charge in [-0.05, 0) is 24.6 Å². The van der Waals surface area contributed by atoms with Crippen LogP contribution in [0, 0.1) is 0 Å². The summed E-state index contributed by atoms with van der Waals surface area (Å²) in [6, 6.07) is -4.52. The van der Waals surface area contributed by atoms with Crippen LogP contribution in [0.4, 0.5) is 79.0 Å². The monoisotopic (exact) mass is 806 g/mol. The standard InChI is InChI=1S/C24H10BF18O.C8H15N2/c26-19(27,28)10-1-11(20(29,30)31)5-16(4-10)25(44,17-6-12(21(32,33)34)2-13(7-17)22(35,36)37)18-8-14(23(38,39)40)3-15(9-18)24(41,42)43;1-3-4-5-10-7-6-9(2)8-10/h1-9,44H;6-8H,3-5H2,1-2H3/q-1;+1.